The third kappa shape index (κ3) is 2.27. The lowest BCUT2D eigenvalue weighted by atomic mass is 10.1. The zero-order valence-corrected chi connectivity index (χ0v) is 11.2. The first kappa shape index (κ1) is 12.3. The van der Waals surface area contributed by atoms with Crippen LogP contribution in [-0.4, -0.2) is 29.4 Å². The molecule has 92 valence electrons. The van der Waals surface area contributed by atoms with Gasteiger partial charge in [0.1, 0.15) is 6.54 Å². The fourth-order valence-corrected chi connectivity index (χ4v) is 3.50. The van der Waals surface area contributed by atoms with Crippen molar-refractivity contribution in [3.05, 3.63) is 23.3 Å². The van der Waals surface area contributed by atoms with Crippen LogP contribution in [0.4, 0.5) is 5.69 Å². The summed E-state index contributed by atoms with van der Waals surface area (Å²) in [6.45, 7) is 6.30. The number of hydrogen-bond donors (Lipinski definition) is 1. The van der Waals surface area contributed by atoms with E-state index in [-0.39, 0.29) is 12.6 Å². The first-order valence-corrected chi connectivity index (χ1v) is 6.70. The van der Waals surface area contributed by atoms with Crippen LogP contribution in [0.5, 0.6) is 0 Å². The highest BCUT2D eigenvalue weighted by Crippen LogP contribution is 2.41. The summed E-state index contributed by atoms with van der Waals surface area (Å²) in [6, 6.07) is 4.45. The molecule has 1 heterocycles. The van der Waals surface area contributed by atoms with Crippen LogP contribution in [0.1, 0.15) is 18.1 Å². The highest BCUT2D eigenvalue weighted by molar-refractivity contribution is 7.99. The van der Waals surface area contributed by atoms with E-state index < -0.39 is 5.97 Å². The molecule has 0 spiro atoms. The second kappa shape index (κ2) is 4.61. The van der Waals surface area contributed by atoms with Gasteiger partial charge in [-0.1, -0.05) is 12.1 Å². The van der Waals surface area contributed by atoms with Crippen molar-refractivity contribution in [2.45, 2.75) is 31.7 Å². The Labute approximate surface area is 106 Å². The molecule has 0 amide bonds. The quantitative estimate of drug-likeness (QED) is 0.877. The molecule has 0 aromatic heterocycles. The average molecular weight is 251 g/mol. The number of benzene rings is 1. The van der Waals surface area contributed by atoms with Gasteiger partial charge >= 0.3 is 5.97 Å². The fraction of sp³-hybridized carbons (Fsp3) is 0.462. The molecular weight excluding hydrogens is 234 g/mol. The molecule has 3 nitrogen and oxygen atoms in total. The maximum absolute atomic E-state index is 11.0. The van der Waals surface area contributed by atoms with E-state index in [1.807, 2.05) is 23.6 Å². The lowest BCUT2D eigenvalue weighted by Gasteiger charge is -2.37. The number of hydrogen-bond acceptors (Lipinski definition) is 3. The number of carbonyl (C=O) groups is 1. The van der Waals surface area contributed by atoms with E-state index in [1.165, 1.54) is 10.5 Å². The van der Waals surface area contributed by atoms with Crippen LogP contribution in [0.15, 0.2) is 17.0 Å². The van der Waals surface area contributed by atoms with Crippen LogP contribution in [0, 0.1) is 13.8 Å². The van der Waals surface area contributed by atoms with Gasteiger partial charge in [-0.15, -0.1) is 11.8 Å². The Morgan fingerprint density at radius 3 is 2.76 bits per heavy atom. The van der Waals surface area contributed by atoms with Crippen LogP contribution in [-0.2, 0) is 4.79 Å². The highest BCUT2D eigenvalue weighted by atomic mass is 32.2. The zero-order valence-electron chi connectivity index (χ0n) is 10.4. The Morgan fingerprint density at radius 1 is 1.47 bits per heavy atom. The number of anilines is 1. The summed E-state index contributed by atoms with van der Waals surface area (Å²) in [5.41, 5.74) is 3.50. The van der Waals surface area contributed by atoms with E-state index in [4.69, 9.17) is 5.11 Å². The van der Waals surface area contributed by atoms with E-state index in [0.29, 0.717) is 0 Å². The van der Waals surface area contributed by atoms with Crippen LogP contribution in [0.25, 0.3) is 0 Å². The molecule has 1 unspecified atom stereocenters. The van der Waals surface area contributed by atoms with E-state index in [0.717, 1.165) is 17.0 Å². The van der Waals surface area contributed by atoms with Gasteiger partial charge in [-0.2, -0.15) is 0 Å². The van der Waals surface area contributed by atoms with Crippen molar-refractivity contribution in [3.63, 3.8) is 0 Å². The Bertz CT molecular complexity index is 459. The smallest absolute Gasteiger partial charge is 0.323 e. The minimum absolute atomic E-state index is 0.0824. The number of fused-ring (bicyclic) bond motifs is 1. The van der Waals surface area contributed by atoms with Gasteiger partial charge in [0.15, 0.2) is 0 Å². The Balaban J connectivity index is 2.50. The minimum atomic E-state index is -0.768. The van der Waals surface area contributed by atoms with Gasteiger partial charge in [0, 0.05) is 16.7 Å². The number of nitrogens with zero attached hydrogens (tertiary/aromatic N) is 1. The lowest BCUT2D eigenvalue weighted by Crippen LogP contribution is -2.41. The number of thioether (sulfide) groups is 1. The Morgan fingerprint density at radius 2 is 2.12 bits per heavy atom. The Hall–Kier alpha value is -1.16. The van der Waals surface area contributed by atoms with Crippen molar-refractivity contribution in [2.75, 3.05) is 17.2 Å². The van der Waals surface area contributed by atoms with Crippen molar-refractivity contribution >= 4 is 23.4 Å². The number of carboxylic acids is 1. The molecule has 0 fully saturated rings. The molecule has 1 aliphatic heterocycles. The topological polar surface area (TPSA) is 40.5 Å². The van der Waals surface area contributed by atoms with Crippen LogP contribution in [0.2, 0.25) is 0 Å². The summed E-state index contributed by atoms with van der Waals surface area (Å²) in [4.78, 5) is 14.2. The summed E-state index contributed by atoms with van der Waals surface area (Å²) in [7, 11) is 0. The van der Waals surface area contributed by atoms with E-state index in [9.17, 15) is 4.79 Å². The van der Waals surface area contributed by atoms with Crippen LogP contribution in [0.3, 0.4) is 0 Å². The van der Waals surface area contributed by atoms with Crippen molar-refractivity contribution in [1.82, 2.24) is 0 Å². The summed E-state index contributed by atoms with van der Waals surface area (Å²) in [5.74, 6) is 0.181. The summed E-state index contributed by atoms with van der Waals surface area (Å²) in [5, 5.41) is 9.02. The molecule has 0 radical (unpaired) electrons. The molecule has 17 heavy (non-hydrogen) atoms. The van der Waals surface area contributed by atoms with Crippen molar-refractivity contribution in [3.8, 4) is 0 Å². The van der Waals surface area contributed by atoms with Gasteiger partial charge in [-0.3, -0.25) is 4.79 Å². The van der Waals surface area contributed by atoms with Gasteiger partial charge in [-0.05, 0) is 31.9 Å². The summed E-state index contributed by atoms with van der Waals surface area (Å²) < 4.78 is 0. The predicted molar refractivity (Wildman–Crippen MR) is 71.1 cm³/mol. The fourth-order valence-electron chi connectivity index (χ4n) is 2.20. The maximum Gasteiger partial charge on any atom is 0.323 e. The molecular formula is C13H17NO2S. The molecule has 0 aliphatic carbocycles. The molecule has 1 aliphatic rings. The van der Waals surface area contributed by atoms with E-state index in [1.54, 1.807) is 0 Å². The molecule has 1 N–H and O–H groups in total. The number of aryl methyl sites for hydroxylation is 2. The van der Waals surface area contributed by atoms with Crippen LogP contribution < -0.4 is 4.90 Å². The van der Waals surface area contributed by atoms with E-state index >= 15 is 0 Å². The van der Waals surface area contributed by atoms with Gasteiger partial charge in [0.05, 0.1) is 5.69 Å². The predicted octanol–water partition coefficient (Wildman–Crippen LogP) is 2.69. The number of aliphatic carboxylic acids is 1. The molecule has 1 atom stereocenters. The van der Waals surface area contributed by atoms with Gasteiger partial charge in [0.2, 0.25) is 0 Å². The lowest BCUT2D eigenvalue weighted by molar-refractivity contribution is -0.135. The normalized spacial score (nSPS) is 19.0. The van der Waals surface area contributed by atoms with E-state index in [2.05, 4.69) is 26.0 Å². The SMILES string of the molecule is Cc1ccc(C)c2c1SCC(C)N2CC(=O)O. The van der Waals surface area contributed by atoms with Gasteiger partial charge in [0.25, 0.3) is 0 Å². The molecule has 0 bridgehead atoms. The third-order valence-corrected chi connectivity index (χ3v) is 4.58. The maximum atomic E-state index is 11.0. The largest absolute Gasteiger partial charge is 0.480 e. The highest BCUT2D eigenvalue weighted by Gasteiger charge is 2.27. The molecule has 1 aromatic carbocycles. The minimum Gasteiger partial charge on any atom is -0.480 e. The van der Waals surface area contributed by atoms with Crippen molar-refractivity contribution in [1.29, 1.82) is 0 Å². The summed E-state index contributed by atoms with van der Waals surface area (Å²) in [6.07, 6.45) is 0. The zero-order chi connectivity index (χ0) is 12.6. The second-order valence-corrected chi connectivity index (χ2v) is 5.59. The summed E-state index contributed by atoms with van der Waals surface area (Å²) >= 11 is 1.83. The number of rotatable bonds is 2. The monoisotopic (exact) mass is 251 g/mol. The van der Waals surface area contributed by atoms with Gasteiger partial charge < -0.3 is 10.0 Å². The first-order valence-electron chi connectivity index (χ1n) is 5.72. The van der Waals surface area contributed by atoms with Crippen molar-refractivity contribution in [2.24, 2.45) is 0 Å². The average Bonchev–Trinajstić information content (AvgIpc) is 2.26. The molecule has 4 heteroatoms. The third-order valence-electron chi connectivity index (χ3n) is 3.12. The second-order valence-electron chi connectivity index (χ2n) is 4.56. The first-order chi connectivity index (χ1) is 8.00. The molecule has 0 saturated heterocycles. The molecule has 1 aromatic rings. The molecule has 2 rings (SSSR count). The van der Waals surface area contributed by atoms with Crippen LogP contribution >= 0.6 is 11.8 Å². The van der Waals surface area contributed by atoms with Crippen molar-refractivity contribution < 1.29 is 9.90 Å². The Kier molecular flexibility index (Phi) is 3.33. The number of carboxylic acid groups (broad SMARTS) is 1. The standard InChI is InChI=1S/C13H17NO2S/c1-8-4-5-9(2)13-12(8)14(6-11(15)16)10(3)7-17-13/h4-5,10H,6-7H2,1-3H3,(H,15,16). The van der Waals surface area contributed by atoms with Gasteiger partial charge in [-0.25, -0.2) is 0 Å². The molecule has 0 saturated carbocycles.